The molecule has 0 saturated heterocycles. The first-order valence-electron chi connectivity index (χ1n) is 5.73. The van der Waals surface area contributed by atoms with Gasteiger partial charge in [0.2, 0.25) is 0 Å². The van der Waals surface area contributed by atoms with Crippen LogP contribution in [0, 0.1) is 0 Å². The second-order valence-corrected chi connectivity index (χ2v) is 5.09. The van der Waals surface area contributed by atoms with Crippen molar-refractivity contribution in [3.05, 3.63) is 51.9 Å². The molecule has 104 valence electrons. The van der Waals surface area contributed by atoms with Crippen LogP contribution in [-0.4, -0.2) is 32.9 Å². The van der Waals surface area contributed by atoms with E-state index >= 15 is 0 Å². The van der Waals surface area contributed by atoms with Crippen molar-refractivity contribution in [3.8, 4) is 0 Å². The van der Waals surface area contributed by atoms with Crippen molar-refractivity contribution in [3.63, 3.8) is 0 Å². The van der Waals surface area contributed by atoms with E-state index in [4.69, 9.17) is 5.11 Å². The smallest absolute Gasteiger partial charge is 0.358 e. The predicted octanol–water partition coefficient (Wildman–Crippen LogP) is 1.74. The number of amides is 2. The lowest BCUT2D eigenvalue weighted by atomic mass is 10.1. The Morgan fingerprint density at radius 2 is 1.76 bits per heavy atom. The zero-order chi connectivity index (χ0) is 15.1. The molecule has 7 nitrogen and oxygen atoms in total. The monoisotopic (exact) mass is 347 g/mol. The molecule has 0 aliphatic carbocycles. The standard InChI is InChI=1S/C13H6BrN3O4/c14-6-1-2-7-8(5-6)12(19)17(11(7)18)10-9(13(20)21)15-3-4-16-10/h1-5H,(H,20,21). The molecule has 0 unspecified atom stereocenters. The number of carbonyl (C=O) groups is 3. The number of aromatic nitrogens is 2. The number of carboxylic acid groups (broad SMARTS) is 1. The Hall–Kier alpha value is -2.61. The minimum Gasteiger partial charge on any atom is -0.476 e. The van der Waals surface area contributed by atoms with Crippen molar-refractivity contribution in [2.75, 3.05) is 4.90 Å². The fraction of sp³-hybridized carbons (Fsp3) is 0. The number of carboxylic acids is 1. The molecule has 2 heterocycles. The molecule has 0 saturated carbocycles. The zero-order valence-corrected chi connectivity index (χ0v) is 11.9. The highest BCUT2D eigenvalue weighted by Gasteiger charge is 2.39. The molecule has 3 rings (SSSR count). The van der Waals surface area contributed by atoms with Crippen LogP contribution < -0.4 is 4.90 Å². The van der Waals surface area contributed by atoms with Gasteiger partial charge in [0.25, 0.3) is 11.8 Å². The molecule has 2 aromatic rings. The van der Waals surface area contributed by atoms with Crippen LogP contribution in [0.5, 0.6) is 0 Å². The predicted molar refractivity (Wildman–Crippen MR) is 74.3 cm³/mol. The van der Waals surface area contributed by atoms with Gasteiger partial charge in [0, 0.05) is 16.9 Å². The topological polar surface area (TPSA) is 100 Å². The summed E-state index contributed by atoms with van der Waals surface area (Å²) < 4.78 is 0.641. The molecule has 21 heavy (non-hydrogen) atoms. The van der Waals surface area contributed by atoms with Gasteiger partial charge in [-0.1, -0.05) is 15.9 Å². The van der Waals surface area contributed by atoms with Crippen LogP contribution in [0.25, 0.3) is 0 Å². The van der Waals surface area contributed by atoms with Crippen molar-refractivity contribution in [1.29, 1.82) is 0 Å². The van der Waals surface area contributed by atoms with Gasteiger partial charge >= 0.3 is 5.97 Å². The summed E-state index contributed by atoms with van der Waals surface area (Å²) in [4.78, 5) is 44.0. The molecule has 0 bridgehead atoms. The maximum atomic E-state index is 12.4. The summed E-state index contributed by atoms with van der Waals surface area (Å²) in [6, 6.07) is 4.63. The van der Waals surface area contributed by atoms with Gasteiger partial charge < -0.3 is 5.11 Å². The van der Waals surface area contributed by atoms with E-state index in [1.54, 1.807) is 6.07 Å². The number of carbonyl (C=O) groups excluding carboxylic acids is 2. The summed E-state index contributed by atoms with van der Waals surface area (Å²) in [5, 5.41) is 9.10. The molecule has 1 aromatic carbocycles. The van der Waals surface area contributed by atoms with Gasteiger partial charge in [0.15, 0.2) is 11.5 Å². The lowest BCUT2D eigenvalue weighted by Gasteiger charge is -2.13. The fourth-order valence-corrected chi connectivity index (χ4v) is 2.41. The van der Waals surface area contributed by atoms with E-state index < -0.39 is 23.5 Å². The maximum absolute atomic E-state index is 12.4. The lowest BCUT2D eigenvalue weighted by molar-refractivity contribution is 0.0691. The van der Waals surface area contributed by atoms with Gasteiger partial charge in [-0.25, -0.2) is 19.7 Å². The molecule has 2 amide bonds. The lowest BCUT2D eigenvalue weighted by Crippen LogP contribution is -2.32. The van der Waals surface area contributed by atoms with E-state index in [1.165, 1.54) is 24.5 Å². The Morgan fingerprint density at radius 1 is 1.10 bits per heavy atom. The number of rotatable bonds is 2. The first-order chi connectivity index (χ1) is 10.0. The third kappa shape index (κ3) is 2.00. The highest BCUT2D eigenvalue weighted by Crippen LogP contribution is 2.30. The summed E-state index contributed by atoms with van der Waals surface area (Å²) in [5.41, 5.74) is -0.0624. The first-order valence-corrected chi connectivity index (χ1v) is 6.52. The number of hydrogen-bond donors (Lipinski definition) is 1. The summed E-state index contributed by atoms with van der Waals surface area (Å²) in [6.45, 7) is 0. The highest BCUT2D eigenvalue weighted by atomic mass is 79.9. The Morgan fingerprint density at radius 3 is 2.48 bits per heavy atom. The Bertz CT molecular complexity index is 806. The minimum absolute atomic E-state index is 0.191. The molecular weight excluding hydrogens is 342 g/mol. The largest absolute Gasteiger partial charge is 0.476 e. The zero-order valence-electron chi connectivity index (χ0n) is 10.3. The highest BCUT2D eigenvalue weighted by molar-refractivity contribution is 9.10. The molecule has 0 atom stereocenters. The van der Waals surface area contributed by atoms with Crippen molar-refractivity contribution < 1.29 is 19.5 Å². The van der Waals surface area contributed by atoms with E-state index in [9.17, 15) is 14.4 Å². The summed E-state index contributed by atoms with van der Waals surface area (Å²) >= 11 is 3.22. The minimum atomic E-state index is -1.36. The van der Waals surface area contributed by atoms with Gasteiger partial charge in [-0.15, -0.1) is 0 Å². The molecular formula is C13H6BrN3O4. The molecule has 1 aliphatic heterocycles. The normalized spacial score (nSPS) is 13.5. The van der Waals surface area contributed by atoms with Crippen LogP contribution in [0.15, 0.2) is 35.1 Å². The van der Waals surface area contributed by atoms with Crippen LogP contribution in [0.2, 0.25) is 0 Å². The molecule has 0 radical (unpaired) electrons. The van der Waals surface area contributed by atoms with Gasteiger partial charge in [0.1, 0.15) is 0 Å². The summed E-state index contributed by atoms with van der Waals surface area (Å²) in [5.74, 6) is -2.90. The number of halogens is 1. The molecule has 0 spiro atoms. The molecule has 8 heteroatoms. The second-order valence-electron chi connectivity index (χ2n) is 4.17. The SMILES string of the molecule is O=C(O)c1nccnc1N1C(=O)c2ccc(Br)cc2C1=O. The van der Waals surface area contributed by atoms with Crippen LogP contribution in [0.1, 0.15) is 31.2 Å². The second kappa shape index (κ2) is 4.74. The fourth-order valence-electron chi connectivity index (χ4n) is 2.05. The third-order valence-corrected chi connectivity index (χ3v) is 3.44. The van der Waals surface area contributed by atoms with Gasteiger partial charge in [-0.05, 0) is 18.2 Å². The van der Waals surface area contributed by atoms with Crippen LogP contribution in [0.4, 0.5) is 5.82 Å². The number of anilines is 1. The quantitative estimate of drug-likeness (QED) is 0.830. The van der Waals surface area contributed by atoms with Crippen LogP contribution >= 0.6 is 15.9 Å². The van der Waals surface area contributed by atoms with Crippen molar-refractivity contribution in [2.24, 2.45) is 0 Å². The van der Waals surface area contributed by atoms with Gasteiger partial charge in [0.05, 0.1) is 11.1 Å². The molecule has 1 aliphatic rings. The van der Waals surface area contributed by atoms with E-state index in [0.717, 1.165) is 4.90 Å². The summed E-state index contributed by atoms with van der Waals surface area (Å²) in [6.07, 6.45) is 2.41. The van der Waals surface area contributed by atoms with Crippen molar-refractivity contribution in [2.45, 2.75) is 0 Å². The van der Waals surface area contributed by atoms with E-state index in [0.29, 0.717) is 4.47 Å². The average molecular weight is 348 g/mol. The third-order valence-electron chi connectivity index (χ3n) is 2.94. The van der Waals surface area contributed by atoms with E-state index in [2.05, 4.69) is 25.9 Å². The molecule has 1 aromatic heterocycles. The van der Waals surface area contributed by atoms with Crippen LogP contribution in [0.3, 0.4) is 0 Å². The van der Waals surface area contributed by atoms with E-state index in [-0.39, 0.29) is 16.9 Å². The van der Waals surface area contributed by atoms with Gasteiger partial charge in [-0.3, -0.25) is 9.59 Å². The Kier molecular flexibility index (Phi) is 3.02. The first kappa shape index (κ1) is 13.4. The number of fused-ring (bicyclic) bond motifs is 1. The average Bonchev–Trinajstić information content (AvgIpc) is 2.70. The number of nitrogens with zero attached hydrogens (tertiary/aromatic N) is 3. The Labute approximate surface area is 126 Å². The molecule has 0 fully saturated rings. The van der Waals surface area contributed by atoms with Crippen molar-refractivity contribution in [1.82, 2.24) is 9.97 Å². The molecule has 1 N–H and O–H groups in total. The van der Waals surface area contributed by atoms with Crippen LogP contribution in [-0.2, 0) is 0 Å². The van der Waals surface area contributed by atoms with Crippen molar-refractivity contribution >= 4 is 39.5 Å². The van der Waals surface area contributed by atoms with E-state index in [1.807, 2.05) is 0 Å². The number of aromatic carboxylic acids is 1. The number of hydrogen-bond acceptors (Lipinski definition) is 5. The number of benzene rings is 1. The maximum Gasteiger partial charge on any atom is 0.358 e. The Balaban J connectivity index is 2.17. The summed E-state index contributed by atoms with van der Waals surface area (Å²) in [7, 11) is 0. The number of imide groups is 1. The van der Waals surface area contributed by atoms with Gasteiger partial charge in [-0.2, -0.15) is 0 Å².